The average molecular weight is 1360 g/mol. The predicted octanol–water partition coefficient (Wildman–Crippen LogP) is 24.6. The second-order valence-corrected chi connectivity index (χ2v) is 27.8. The van der Waals surface area contributed by atoms with E-state index < -0.39 is 0 Å². The molecule has 0 N–H and O–H groups in total. The van der Waals surface area contributed by atoms with Crippen LogP contribution in [0.15, 0.2) is 400 Å². The molecular formula is C101H66BN5. The maximum Gasteiger partial charge on any atom is 0.253 e. The van der Waals surface area contributed by atoms with Gasteiger partial charge in [0.1, 0.15) is 0 Å². The first kappa shape index (κ1) is 62.7. The summed E-state index contributed by atoms with van der Waals surface area (Å²) >= 11 is 0. The number of aromatic nitrogens is 3. The Morgan fingerprint density at radius 3 is 0.664 bits per heavy atom. The molecule has 0 radical (unpaired) electrons. The highest BCUT2D eigenvalue weighted by Crippen LogP contribution is 2.50. The van der Waals surface area contributed by atoms with Gasteiger partial charge in [-0.05, 0) is 224 Å². The summed E-state index contributed by atoms with van der Waals surface area (Å²) in [5, 5.41) is 4.73. The summed E-state index contributed by atoms with van der Waals surface area (Å²) in [6.07, 6.45) is 0. The molecule has 2 aliphatic heterocycles. The lowest BCUT2D eigenvalue weighted by molar-refractivity contribution is 1.07. The summed E-state index contributed by atoms with van der Waals surface area (Å²) in [6.45, 7) is -0.278. The van der Waals surface area contributed by atoms with Gasteiger partial charge >= 0.3 is 0 Å². The van der Waals surface area contributed by atoms with Crippen molar-refractivity contribution in [1.29, 1.82) is 0 Å². The van der Waals surface area contributed by atoms with Gasteiger partial charge in [0.25, 0.3) is 6.71 Å². The van der Waals surface area contributed by atoms with Gasteiger partial charge < -0.3 is 9.80 Å². The smallest absolute Gasteiger partial charge is 0.253 e. The molecular weight excluding hydrogens is 1290 g/mol. The van der Waals surface area contributed by atoms with E-state index in [1.807, 2.05) is 0 Å². The maximum atomic E-state index is 5.91. The van der Waals surface area contributed by atoms with E-state index >= 15 is 0 Å². The van der Waals surface area contributed by atoms with Crippen LogP contribution in [0.25, 0.3) is 145 Å². The highest BCUT2D eigenvalue weighted by molar-refractivity contribution is 7.03. The standard InChI is InChI=1S/C101H66BN5/c1-9-29-67(30-10-1)77-53-78(68-31-11-2-12-32-68)58-85(57-77)99-103-100(86-59-79(69-33-13-3-14-34-69)54-80(60-86)70-35-15-4-16-36-70)105-101(104-99)87-65-94-98-95(66-87)107(89-63-83(73-41-21-7-22-42-73)56-84(64-89)74-43-23-8-24-44-74)93-52-50-76-46-26-28-48-91(76)97(93)102(98)96-90-47-27-25-45-75(90)49-51-92(96)106(94)88-61-81(71-37-17-5-18-38-71)55-82(62-88)72-39-19-6-20-40-72/h1-66H. The van der Waals surface area contributed by atoms with Crippen LogP contribution in [0.1, 0.15) is 0 Å². The van der Waals surface area contributed by atoms with E-state index in [9.17, 15) is 0 Å². The molecule has 0 saturated carbocycles. The molecule has 498 valence electrons. The second-order valence-electron chi connectivity index (χ2n) is 27.8. The van der Waals surface area contributed by atoms with Gasteiger partial charge in [-0.2, -0.15) is 0 Å². The molecule has 0 bridgehead atoms. The number of benzene rings is 17. The zero-order valence-electron chi connectivity index (χ0n) is 58.4. The Bertz CT molecular complexity index is 5800. The molecule has 18 aromatic rings. The van der Waals surface area contributed by atoms with Crippen LogP contribution in [-0.4, -0.2) is 21.7 Å². The van der Waals surface area contributed by atoms with Gasteiger partial charge in [-0.25, -0.2) is 15.0 Å². The van der Waals surface area contributed by atoms with E-state index in [2.05, 4.69) is 410 Å². The third-order valence-electron chi connectivity index (χ3n) is 21.3. The van der Waals surface area contributed by atoms with E-state index in [0.29, 0.717) is 17.5 Å². The van der Waals surface area contributed by atoms with Crippen molar-refractivity contribution in [1.82, 2.24) is 15.0 Å². The Balaban J connectivity index is 0.936. The summed E-state index contributed by atoms with van der Waals surface area (Å²) < 4.78 is 0. The normalized spacial score (nSPS) is 12.1. The molecule has 0 saturated heterocycles. The number of rotatable bonds is 13. The highest BCUT2D eigenvalue weighted by atomic mass is 15.2. The van der Waals surface area contributed by atoms with E-state index in [4.69, 9.17) is 15.0 Å². The van der Waals surface area contributed by atoms with E-state index in [1.54, 1.807) is 0 Å². The van der Waals surface area contributed by atoms with Crippen LogP contribution in [0.3, 0.4) is 0 Å². The number of hydrogen-bond acceptors (Lipinski definition) is 5. The van der Waals surface area contributed by atoms with Gasteiger partial charge in [-0.3, -0.25) is 0 Å². The van der Waals surface area contributed by atoms with Gasteiger partial charge in [0.05, 0.1) is 0 Å². The third-order valence-corrected chi connectivity index (χ3v) is 21.3. The Hall–Kier alpha value is -14.1. The number of nitrogens with zero attached hydrogens (tertiary/aromatic N) is 5. The molecule has 6 heteroatoms. The maximum absolute atomic E-state index is 5.91. The Morgan fingerprint density at radius 1 is 0.168 bits per heavy atom. The molecule has 0 amide bonds. The van der Waals surface area contributed by atoms with Crippen LogP contribution >= 0.6 is 0 Å². The molecule has 0 aliphatic carbocycles. The lowest BCUT2D eigenvalue weighted by atomic mass is 9.32. The molecule has 0 atom stereocenters. The summed E-state index contributed by atoms with van der Waals surface area (Å²) in [5.41, 5.74) is 29.9. The first-order valence-corrected chi connectivity index (χ1v) is 36.6. The molecule has 2 aliphatic rings. The van der Waals surface area contributed by atoms with Crippen LogP contribution in [0.5, 0.6) is 0 Å². The minimum atomic E-state index is -0.278. The largest absolute Gasteiger partial charge is 0.311 e. The summed E-state index contributed by atoms with van der Waals surface area (Å²) in [6, 6.07) is 146. The van der Waals surface area contributed by atoms with Crippen LogP contribution in [0.2, 0.25) is 0 Å². The SMILES string of the molecule is c1ccc(-c2cc(-c3ccccc3)cc(-c3nc(-c4cc(-c5ccccc5)cc(-c5ccccc5)c4)nc(-c4cc5c6c(c4)N(c4cc(-c7ccccc7)cc(-c7ccccc7)c4)c4ccc7ccccc7c4B6c4c(ccc6ccccc46)N5c4cc(-c5ccccc5)cc(-c5ccccc5)c4)n3)c2)cc1. The van der Waals surface area contributed by atoms with Crippen LogP contribution in [-0.2, 0) is 0 Å². The van der Waals surface area contributed by atoms with Gasteiger partial charge in [0.15, 0.2) is 17.5 Å². The lowest BCUT2D eigenvalue weighted by Crippen LogP contribution is -2.61. The number of hydrogen-bond donors (Lipinski definition) is 0. The van der Waals surface area contributed by atoms with Gasteiger partial charge in [0, 0.05) is 50.8 Å². The summed E-state index contributed by atoms with van der Waals surface area (Å²) in [4.78, 5) is 22.7. The minimum absolute atomic E-state index is 0.278. The quantitative estimate of drug-likeness (QED) is 0.108. The van der Waals surface area contributed by atoms with Gasteiger partial charge in [-0.1, -0.05) is 303 Å². The fourth-order valence-electron chi connectivity index (χ4n) is 16.4. The molecule has 20 rings (SSSR count). The monoisotopic (exact) mass is 1360 g/mol. The van der Waals surface area contributed by atoms with Crippen LogP contribution in [0.4, 0.5) is 34.1 Å². The van der Waals surface area contributed by atoms with Crippen molar-refractivity contribution in [3.8, 4) is 123 Å². The highest BCUT2D eigenvalue weighted by Gasteiger charge is 2.46. The fraction of sp³-hybridized carbons (Fsp3) is 0. The van der Waals surface area contributed by atoms with Crippen molar-refractivity contribution in [2.24, 2.45) is 0 Å². The number of anilines is 6. The first-order valence-electron chi connectivity index (χ1n) is 36.6. The van der Waals surface area contributed by atoms with Crippen molar-refractivity contribution in [3.63, 3.8) is 0 Å². The zero-order valence-corrected chi connectivity index (χ0v) is 58.4. The van der Waals surface area contributed by atoms with Crippen molar-refractivity contribution >= 4 is 78.8 Å². The minimum Gasteiger partial charge on any atom is -0.311 e. The Labute approximate surface area is 623 Å². The molecule has 17 aromatic carbocycles. The lowest BCUT2D eigenvalue weighted by Gasteiger charge is -2.45. The fourth-order valence-corrected chi connectivity index (χ4v) is 16.4. The second kappa shape index (κ2) is 26.6. The van der Waals surface area contributed by atoms with Crippen molar-refractivity contribution in [2.75, 3.05) is 9.80 Å². The Kier molecular flexibility index (Phi) is 15.6. The summed E-state index contributed by atoms with van der Waals surface area (Å²) in [5.74, 6) is 1.62. The Morgan fingerprint density at radius 2 is 0.393 bits per heavy atom. The molecule has 5 nitrogen and oxygen atoms in total. The average Bonchev–Trinajstić information content (AvgIpc) is 0.684. The van der Waals surface area contributed by atoms with Gasteiger partial charge in [0.2, 0.25) is 0 Å². The van der Waals surface area contributed by atoms with Crippen molar-refractivity contribution < 1.29 is 0 Å². The predicted molar refractivity (Wildman–Crippen MR) is 449 cm³/mol. The molecule has 0 spiro atoms. The summed E-state index contributed by atoms with van der Waals surface area (Å²) in [7, 11) is 0. The van der Waals surface area contributed by atoms with Crippen LogP contribution in [0, 0.1) is 0 Å². The van der Waals surface area contributed by atoms with Crippen LogP contribution < -0.4 is 26.2 Å². The molecule has 3 heterocycles. The topological polar surface area (TPSA) is 45.2 Å². The first-order chi connectivity index (χ1) is 53.0. The van der Waals surface area contributed by atoms with Crippen molar-refractivity contribution in [2.45, 2.75) is 0 Å². The van der Waals surface area contributed by atoms with Gasteiger partial charge in [-0.15, -0.1) is 0 Å². The number of fused-ring (bicyclic) bond motifs is 8. The third kappa shape index (κ3) is 11.5. The van der Waals surface area contributed by atoms with E-state index in [-0.39, 0.29) is 6.71 Å². The molecule has 107 heavy (non-hydrogen) atoms. The molecule has 0 unspecified atom stereocenters. The van der Waals surface area contributed by atoms with E-state index in [0.717, 1.165) is 140 Å². The molecule has 1 aromatic heterocycles. The molecule has 0 fully saturated rings. The zero-order chi connectivity index (χ0) is 70.7. The van der Waals surface area contributed by atoms with Crippen molar-refractivity contribution in [3.05, 3.63) is 400 Å². The van der Waals surface area contributed by atoms with E-state index in [1.165, 1.54) is 37.9 Å².